The number of esters is 2. The van der Waals surface area contributed by atoms with E-state index in [4.69, 9.17) is 4.74 Å². The van der Waals surface area contributed by atoms with Gasteiger partial charge < -0.3 is 14.0 Å². The van der Waals surface area contributed by atoms with Gasteiger partial charge in [0.2, 0.25) is 5.82 Å². The zero-order valence-electron chi connectivity index (χ0n) is 10.6. The average Bonchev–Trinajstić information content (AvgIpc) is 2.56. The van der Waals surface area contributed by atoms with Gasteiger partial charge in [-0.25, -0.2) is 14.6 Å². The highest BCUT2D eigenvalue weighted by Crippen LogP contribution is 2.13. The highest BCUT2D eigenvalue weighted by Gasteiger charge is 2.23. The molecule has 94 valence electrons. The number of carbonyl (C=O) groups excluding carboxylic acids is 2. The fourth-order valence-electron chi connectivity index (χ4n) is 1.21. The molecule has 0 fully saturated rings. The van der Waals surface area contributed by atoms with E-state index in [0.717, 1.165) is 0 Å². The molecule has 1 aromatic heterocycles. The van der Waals surface area contributed by atoms with Gasteiger partial charge in [-0.05, 0) is 20.8 Å². The second-order valence-electron chi connectivity index (χ2n) is 4.52. The summed E-state index contributed by atoms with van der Waals surface area (Å²) in [6, 6.07) is 0. The van der Waals surface area contributed by atoms with E-state index in [-0.39, 0.29) is 11.5 Å². The molecule has 0 aromatic carbocycles. The van der Waals surface area contributed by atoms with Crippen LogP contribution in [-0.2, 0) is 16.5 Å². The van der Waals surface area contributed by atoms with E-state index in [9.17, 15) is 9.59 Å². The number of nitrogens with zero attached hydrogens (tertiary/aromatic N) is 2. The molecule has 0 spiro atoms. The number of hydrogen-bond acceptors (Lipinski definition) is 5. The van der Waals surface area contributed by atoms with Crippen molar-refractivity contribution in [2.75, 3.05) is 7.11 Å². The van der Waals surface area contributed by atoms with Gasteiger partial charge in [-0.1, -0.05) is 0 Å². The maximum absolute atomic E-state index is 11.8. The first-order valence-corrected chi connectivity index (χ1v) is 5.09. The third-order valence-electron chi connectivity index (χ3n) is 1.96. The Morgan fingerprint density at radius 2 is 1.88 bits per heavy atom. The average molecular weight is 240 g/mol. The molecule has 0 aliphatic rings. The minimum Gasteiger partial charge on any atom is -0.463 e. The Bertz CT molecular complexity index is 443. The van der Waals surface area contributed by atoms with Crippen LogP contribution in [0.4, 0.5) is 0 Å². The molecule has 0 aliphatic heterocycles. The molecular formula is C11H16N2O4. The normalized spacial score (nSPS) is 11.1. The Balaban J connectivity index is 2.97. The van der Waals surface area contributed by atoms with E-state index in [1.807, 2.05) is 0 Å². The Labute approximate surface area is 99.5 Å². The lowest BCUT2D eigenvalue weighted by atomic mass is 10.2. The predicted molar refractivity (Wildman–Crippen MR) is 59.7 cm³/mol. The first-order valence-electron chi connectivity index (χ1n) is 5.09. The lowest BCUT2D eigenvalue weighted by Crippen LogP contribution is -2.25. The summed E-state index contributed by atoms with van der Waals surface area (Å²) in [5.41, 5.74) is -0.382. The van der Waals surface area contributed by atoms with Crippen LogP contribution in [0.5, 0.6) is 0 Å². The Morgan fingerprint density at radius 1 is 1.29 bits per heavy atom. The fraction of sp³-hybridized carbons (Fsp3) is 0.545. The minimum absolute atomic E-state index is 0.0633. The van der Waals surface area contributed by atoms with Crippen LogP contribution >= 0.6 is 0 Å². The Hall–Kier alpha value is -1.85. The highest BCUT2D eigenvalue weighted by molar-refractivity contribution is 5.91. The van der Waals surface area contributed by atoms with E-state index in [2.05, 4.69) is 9.72 Å². The smallest absolute Gasteiger partial charge is 0.374 e. The Morgan fingerprint density at radius 3 is 2.35 bits per heavy atom. The molecule has 0 saturated carbocycles. The molecule has 0 saturated heterocycles. The SMILES string of the molecule is COC(=O)c1ncc(C(=O)OC(C)(C)C)n1C. The van der Waals surface area contributed by atoms with E-state index < -0.39 is 17.5 Å². The third kappa shape index (κ3) is 3.05. The Kier molecular flexibility index (Phi) is 3.55. The topological polar surface area (TPSA) is 70.4 Å². The van der Waals surface area contributed by atoms with Crippen molar-refractivity contribution in [1.29, 1.82) is 0 Å². The maximum Gasteiger partial charge on any atom is 0.374 e. The monoisotopic (exact) mass is 240 g/mol. The largest absolute Gasteiger partial charge is 0.463 e. The van der Waals surface area contributed by atoms with Gasteiger partial charge in [0.15, 0.2) is 0 Å². The predicted octanol–water partition coefficient (Wildman–Crippen LogP) is 1.16. The molecule has 0 aliphatic carbocycles. The summed E-state index contributed by atoms with van der Waals surface area (Å²) in [7, 11) is 2.81. The fourth-order valence-corrected chi connectivity index (χ4v) is 1.21. The van der Waals surface area contributed by atoms with E-state index >= 15 is 0 Å². The molecule has 0 bridgehead atoms. The van der Waals surface area contributed by atoms with Crippen LogP contribution in [0.3, 0.4) is 0 Å². The molecule has 1 heterocycles. The third-order valence-corrected chi connectivity index (χ3v) is 1.96. The van der Waals surface area contributed by atoms with Gasteiger partial charge in [-0.3, -0.25) is 0 Å². The molecular weight excluding hydrogens is 224 g/mol. The van der Waals surface area contributed by atoms with Crippen LogP contribution in [0.15, 0.2) is 6.20 Å². The van der Waals surface area contributed by atoms with E-state index in [0.29, 0.717) is 0 Å². The van der Waals surface area contributed by atoms with E-state index in [1.165, 1.54) is 17.9 Å². The molecule has 0 atom stereocenters. The number of rotatable bonds is 2. The summed E-state index contributed by atoms with van der Waals surface area (Å²) < 4.78 is 11.1. The number of ether oxygens (including phenoxy) is 2. The molecule has 0 unspecified atom stereocenters. The number of imidazole rings is 1. The lowest BCUT2D eigenvalue weighted by molar-refractivity contribution is 0.00588. The van der Waals surface area contributed by atoms with Gasteiger partial charge in [0.1, 0.15) is 11.3 Å². The van der Waals surface area contributed by atoms with Crippen LogP contribution < -0.4 is 0 Å². The lowest BCUT2D eigenvalue weighted by Gasteiger charge is -2.19. The number of aromatic nitrogens is 2. The molecule has 1 rings (SSSR count). The van der Waals surface area contributed by atoms with Gasteiger partial charge in [0.25, 0.3) is 0 Å². The molecule has 17 heavy (non-hydrogen) atoms. The summed E-state index contributed by atoms with van der Waals surface area (Å²) >= 11 is 0. The van der Waals surface area contributed by atoms with Gasteiger partial charge in [-0.2, -0.15) is 0 Å². The van der Waals surface area contributed by atoms with Gasteiger partial charge in [0, 0.05) is 7.05 Å². The zero-order valence-corrected chi connectivity index (χ0v) is 10.6. The maximum atomic E-state index is 11.8. The van der Waals surface area contributed by atoms with Crippen molar-refractivity contribution in [1.82, 2.24) is 9.55 Å². The quantitative estimate of drug-likeness (QED) is 0.725. The van der Waals surface area contributed by atoms with Gasteiger partial charge in [0.05, 0.1) is 13.3 Å². The van der Waals surface area contributed by atoms with Gasteiger partial charge >= 0.3 is 11.9 Å². The van der Waals surface area contributed by atoms with Crippen LogP contribution in [-0.4, -0.2) is 34.2 Å². The van der Waals surface area contributed by atoms with Crippen LogP contribution in [0, 0.1) is 0 Å². The number of carbonyl (C=O) groups is 2. The van der Waals surface area contributed by atoms with E-state index in [1.54, 1.807) is 27.8 Å². The van der Waals surface area contributed by atoms with Crippen LogP contribution in [0.1, 0.15) is 41.9 Å². The first-order chi connectivity index (χ1) is 7.76. The summed E-state index contributed by atoms with van der Waals surface area (Å²) in [5.74, 6) is -1.06. The van der Waals surface area contributed by atoms with Crippen molar-refractivity contribution in [3.8, 4) is 0 Å². The van der Waals surface area contributed by atoms with Crippen LogP contribution in [0.2, 0.25) is 0 Å². The molecule has 6 nitrogen and oxygen atoms in total. The van der Waals surface area contributed by atoms with Crippen molar-refractivity contribution in [2.45, 2.75) is 26.4 Å². The first kappa shape index (κ1) is 13.2. The molecule has 6 heteroatoms. The minimum atomic E-state index is -0.595. The standard InChI is InChI=1S/C11H16N2O4/c1-11(2,3)17-9(14)7-6-12-8(13(7)4)10(15)16-5/h6H,1-5H3. The van der Waals surface area contributed by atoms with Crippen molar-refractivity contribution in [2.24, 2.45) is 7.05 Å². The van der Waals surface area contributed by atoms with Crippen molar-refractivity contribution in [3.63, 3.8) is 0 Å². The molecule has 0 radical (unpaired) electrons. The summed E-state index contributed by atoms with van der Waals surface area (Å²) in [6.07, 6.45) is 1.29. The van der Waals surface area contributed by atoms with Gasteiger partial charge in [-0.15, -0.1) is 0 Å². The molecule has 1 aromatic rings. The summed E-state index contributed by atoms with van der Waals surface area (Å²) in [6.45, 7) is 5.30. The summed E-state index contributed by atoms with van der Waals surface area (Å²) in [4.78, 5) is 26.9. The van der Waals surface area contributed by atoms with Crippen molar-refractivity contribution in [3.05, 3.63) is 17.7 Å². The highest BCUT2D eigenvalue weighted by atomic mass is 16.6. The number of hydrogen-bond donors (Lipinski definition) is 0. The zero-order chi connectivity index (χ0) is 13.2. The summed E-state index contributed by atoms with van der Waals surface area (Å²) in [5, 5.41) is 0. The van der Waals surface area contributed by atoms with Crippen molar-refractivity contribution >= 4 is 11.9 Å². The number of methoxy groups -OCH3 is 1. The van der Waals surface area contributed by atoms with Crippen molar-refractivity contribution < 1.29 is 19.1 Å². The second-order valence-corrected chi connectivity index (χ2v) is 4.52. The second kappa shape index (κ2) is 4.57. The molecule has 0 N–H and O–H groups in total. The molecule has 0 amide bonds. The van der Waals surface area contributed by atoms with Crippen LogP contribution in [0.25, 0.3) is 0 Å².